The molecule has 0 spiro atoms. The summed E-state index contributed by atoms with van der Waals surface area (Å²) < 4.78 is 5.57. The van der Waals surface area contributed by atoms with Gasteiger partial charge in [0.05, 0.1) is 18.8 Å². The molecule has 4 nitrogen and oxygen atoms in total. The molecule has 1 rings (SSSR count). The van der Waals surface area contributed by atoms with Crippen molar-refractivity contribution in [3.63, 3.8) is 0 Å². The molecule has 1 aromatic rings. The molecule has 0 aliphatic rings. The van der Waals surface area contributed by atoms with Crippen LogP contribution in [0, 0.1) is 5.92 Å². The second-order valence-electron chi connectivity index (χ2n) is 5.68. The van der Waals surface area contributed by atoms with Crippen LogP contribution in [0.15, 0.2) is 24.3 Å². The van der Waals surface area contributed by atoms with Gasteiger partial charge >= 0.3 is 0 Å². The Balaban J connectivity index is 2.71. The minimum atomic E-state index is -0.211. The Morgan fingerprint density at radius 3 is 2.55 bits per heavy atom. The maximum atomic E-state index is 12.2. The first kappa shape index (κ1) is 16.5. The first-order valence-electron chi connectivity index (χ1n) is 7.10. The summed E-state index contributed by atoms with van der Waals surface area (Å²) in [5.41, 5.74) is 0.547. The predicted molar refractivity (Wildman–Crippen MR) is 80.0 cm³/mol. The summed E-state index contributed by atoms with van der Waals surface area (Å²) in [7, 11) is 0. The van der Waals surface area contributed by atoms with E-state index in [1.807, 2.05) is 19.9 Å². The van der Waals surface area contributed by atoms with Crippen molar-refractivity contribution in [2.45, 2.75) is 46.3 Å². The van der Waals surface area contributed by atoms with Crippen molar-refractivity contribution in [2.75, 3.05) is 6.61 Å². The van der Waals surface area contributed by atoms with E-state index in [-0.39, 0.29) is 24.7 Å². The van der Waals surface area contributed by atoms with Gasteiger partial charge in [-0.2, -0.15) is 0 Å². The van der Waals surface area contributed by atoms with E-state index in [2.05, 4.69) is 19.2 Å². The largest absolute Gasteiger partial charge is 0.491 e. The zero-order valence-corrected chi connectivity index (χ0v) is 12.7. The van der Waals surface area contributed by atoms with Gasteiger partial charge in [0.1, 0.15) is 5.75 Å². The highest BCUT2D eigenvalue weighted by molar-refractivity contribution is 5.94. The van der Waals surface area contributed by atoms with Crippen molar-refractivity contribution in [3.05, 3.63) is 29.8 Å². The Hall–Kier alpha value is -1.55. The lowest BCUT2D eigenvalue weighted by atomic mass is 10.0. The zero-order valence-electron chi connectivity index (χ0n) is 12.7. The Labute approximate surface area is 121 Å². The third-order valence-corrected chi connectivity index (χ3v) is 2.78. The summed E-state index contributed by atoms with van der Waals surface area (Å²) in [6, 6.07) is 6.88. The number of hydrogen-bond acceptors (Lipinski definition) is 3. The smallest absolute Gasteiger partial charge is 0.251 e. The number of aliphatic hydroxyl groups is 1. The van der Waals surface area contributed by atoms with Gasteiger partial charge in [0.25, 0.3) is 5.91 Å². The zero-order chi connectivity index (χ0) is 15.1. The van der Waals surface area contributed by atoms with Crippen LogP contribution in [0.25, 0.3) is 0 Å². The normalized spacial score (nSPS) is 12.6. The maximum Gasteiger partial charge on any atom is 0.251 e. The number of rotatable bonds is 7. The topological polar surface area (TPSA) is 58.6 Å². The number of carbonyl (C=O) groups excluding carboxylic acids is 1. The van der Waals surface area contributed by atoms with Gasteiger partial charge in [-0.05, 0) is 44.4 Å². The lowest BCUT2D eigenvalue weighted by Gasteiger charge is -2.18. The minimum Gasteiger partial charge on any atom is -0.491 e. The minimum absolute atomic E-state index is 0.0495. The third kappa shape index (κ3) is 5.61. The van der Waals surface area contributed by atoms with Gasteiger partial charge in [-0.25, -0.2) is 0 Å². The molecule has 0 radical (unpaired) electrons. The monoisotopic (exact) mass is 279 g/mol. The van der Waals surface area contributed by atoms with Gasteiger partial charge < -0.3 is 15.2 Å². The van der Waals surface area contributed by atoms with Crippen LogP contribution in [0.4, 0.5) is 0 Å². The SMILES string of the molecule is CC(C)CC(CO)NC(=O)c1cccc(OC(C)C)c1. The van der Waals surface area contributed by atoms with Gasteiger partial charge in [-0.1, -0.05) is 19.9 Å². The third-order valence-electron chi connectivity index (χ3n) is 2.78. The van der Waals surface area contributed by atoms with E-state index in [1.54, 1.807) is 18.2 Å². The van der Waals surface area contributed by atoms with Crippen LogP contribution in [0.3, 0.4) is 0 Å². The molecule has 1 unspecified atom stereocenters. The van der Waals surface area contributed by atoms with Crippen LogP contribution in [-0.2, 0) is 0 Å². The van der Waals surface area contributed by atoms with Crippen LogP contribution in [-0.4, -0.2) is 29.8 Å². The molecule has 1 aromatic carbocycles. The molecule has 20 heavy (non-hydrogen) atoms. The fourth-order valence-electron chi connectivity index (χ4n) is 2.00. The molecule has 0 aromatic heterocycles. The van der Waals surface area contributed by atoms with Gasteiger partial charge in [-0.3, -0.25) is 4.79 Å². The average Bonchev–Trinajstić information content (AvgIpc) is 2.36. The quantitative estimate of drug-likeness (QED) is 0.806. The predicted octanol–water partition coefficient (Wildman–Crippen LogP) is 2.61. The van der Waals surface area contributed by atoms with Crippen molar-refractivity contribution < 1.29 is 14.6 Å². The molecule has 112 valence electrons. The Morgan fingerprint density at radius 1 is 1.30 bits per heavy atom. The fourth-order valence-corrected chi connectivity index (χ4v) is 2.00. The van der Waals surface area contributed by atoms with Crippen molar-refractivity contribution in [3.8, 4) is 5.75 Å². The number of carbonyl (C=O) groups is 1. The number of hydrogen-bond donors (Lipinski definition) is 2. The summed E-state index contributed by atoms with van der Waals surface area (Å²) in [5.74, 6) is 0.916. The van der Waals surface area contributed by atoms with Gasteiger partial charge in [0.15, 0.2) is 0 Å². The lowest BCUT2D eigenvalue weighted by molar-refractivity contribution is 0.0907. The molecule has 0 saturated carbocycles. The standard InChI is InChI=1S/C16H25NO3/c1-11(2)8-14(10-18)17-16(19)13-6-5-7-15(9-13)20-12(3)4/h5-7,9,11-12,14,18H,8,10H2,1-4H3,(H,17,19). The summed E-state index contributed by atoms with van der Waals surface area (Å²) in [6.07, 6.45) is 0.823. The molecule has 4 heteroatoms. The Bertz CT molecular complexity index is 429. The van der Waals surface area contributed by atoms with E-state index in [0.717, 1.165) is 6.42 Å². The van der Waals surface area contributed by atoms with Gasteiger partial charge in [-0.15, -0.1) is 0 Å². The van der Waals surface area contributed by atoms with Crippen LogP contribution in [0.2, 0.25) is 0 Å². The lowest BCUT2D eigenvalue weighted by Crippen LogP contribution is -2.38. The molecule has 0 aliphatic heterocycles. The van der Waals surface area contributed by atoms with E-state index in [0.29, 0.717) is 17.2 Å². The second kappa shape index (κ2) is 7.90. The van der Waals surface area contributed by atoms with Crippen molar-refractivity contribution in [1.82, 2.24) is 5.32 Å². The highest BCUT2D eigenvalue weighted by Gasteiger charge is 2.14. The molecule has 0 aliphatic carbocycles. The number of amides is 1. The average molecular weight is 279 g/mol. The molecular formula is C16H25NO3. The molecule has 1 atom stereocenters. The summed E-state index contributed by atoms with van der Waals surface area (Å²) in [4.78, 5) is 12.2. The molecule has 0 heterocycles. The number of benzene rings is 1. The molecule has 0 bridgehead atoms. The number of nitrogens with one attached hydrogen (secondary N) is 1. The van der Waals surface area contributed by atoms with E-state index >= 15 is 0 Å². The highest BCUT2D eigenvalue weighted by atomic mass is 16.5. The molecular weight excluding hydrogens is 254 g/mol. The molecule has 1 amide bonds. The van der Waals surface area contributed by atoms with Crippen molar-refractivity contribution >= 4 is 5.91 Å². The number of ether oxygens (including phenoxy) is 1. The van der Waals surface area contributed by atoms with Gasteiger partial charge in [0, 0.05) is 5.56 Å². The molecule has 2 N–H and O–H groups in total. The summed E-state index contributed by atoms with van der Waals surface area (Å²) >= 11 is 0. The molecule has 0 saturated heterocycles. The van der Waals surface area contributed by atoms with E-state index in [9.17, 15) is 9.90 Å². The van der Waals surface area contributed by atoms with Crippen LogP contribution in [0.1, 0.15) is 44.5 Å². The molecule has 0 fully saturated rings. The number of aliphatic hydroxyl groups excluding tert-OH is 1. The second-order valence-corrected chi connectivity index (χ2v) is 5.68. The highest BCUT2D eigenvalue weighted by Crippen LogP contribution is 2.15. The maximum absolute atomic E-state index is 12.2. The van der Waals surface area contributed by atoms with Crippen LogP contribution >= 0.6 is 0 Å². The summed E-state index contributed by atoms with van der Waals surface area (Å²) in [5, 5.41) is 12.2. The van der Waals surface area contributed by atoms with E-state index < -0.39 is 0 Å². The van der Waals surface area contributed by atoms with Crippen molar-refractivity contribution in [2.24, 2.45) is 5.92 Å². The summed E-state index contributed by atoms with van der Waals surface area (Å²) in [6.45, 7) is 7.96. The van der Waals surface area contributed by atoms with E-state index in [1.165, 1.54) is 0 Å². The fraction of sp³-hybridized carbons (Fsp3) is 0.562. The first-order valence-corrected chi connectivity index (χ1v) is 7.10. The first-order chi connectivity index (χ1) is 9.42. The Kier molecular flexibility index (Phi) is 6.52. The van der Waals surface area contributed by atoms with Crippen LogP contribution < -0.4 is 10.1 Å². The van der Waals surface area contributed by atoms with Gasteiger partial charge in [0.2, 0.25) is 0 Å². The van der Waals surface area contributed by atoms with Crippen LogP contribution in [0.5, 0.6) is 5.75 Å². The Morgan fingerprint density at radius 2 is 2.00 bits per heavy atom. The van der Waals surface area contributed by atoms with E-state index in [4.69, 9.17) is 4.74 Å². The van der Waals surface area contributed by atoms with Crippen molar-refractivity contribution in [1.29, 1.82) is 0 Å².